The summed E-state index contributed by atoms with van der Waals surface area (Å²) in [4.78, 5) is 19.5. The molecule has 0 unspecified atom stereocenters. The quantitative estimate of drug-likeness (QED) is 0.253. The molecule has 2 aliphatic rings. The Morgan fingerprint density at radius 1 is 1.15 bits per heavy atom. The van der Waals surface area contributed by atoms with E-state index in [1.165, 1.54) is 24.3 Å². The van der Waals surface area contributed by atoms with Gasteiger partial charge in [0.15, 0.2) is 9.84 Å². The van der Waals surface area contributed by atoms with Crippen molar-refractivity contribution in [1.29, 1.82) is 0 Å². The maximum Gasteiger partial charge on any atom is 0.406 e. The summed E-state index contributed by atoms with van der Waals surface area (Å²) < 4.78 is 113. The number of ether oxygens (including phenoxy) is 1. The number of nitrogens with zero attached hydrogens (tertiary/aromatic N) is 3. The summed E-state index contributed by atoms with van der Waals surface area (Å²) in [6, 6.07) is 5.25. The number of anilines is 1. The molecule has 260 valence electrons. The van der Waals surface area contributed by atoms with E-state index in [0.29, 0.717) is 19.8 Å². The molecule has 1 aromatic heterocycles. The minimum atomic E-state index is -4.59. The summed E-state index contributed by atoms with van der Waals surface area (Å²) in [6.45, 7) is 2.14. The minimum Gasteiger partial charge on any atom is -0.381 e. The van der Waals surface area contributed by atoms with Crippen LogP contribution in [0.4, 0.5) is 32.0 Å². The average Bonchev–Trinajstić information content (AvgIpc) is 3.41. The summed E-state index contributed by atoms with van der Waals surface area (Å²) in [5, 5.41) is 5.44. The van der Waals surface area contributed by atoms with Gasteiger partial charge in [-0.15, -0.1) is 0 Å². The van der Waals surface area contributed by atoms with E-state index in [4.69, 9.17) is 4.74 Å². The standard InChI is InChI=1S/C32H35F6N5O4S/c1-19-15-42(21-7-10-47-11-8-21)16-25(33)28(19)41-31(44)24-12-20(13-27-29(24)40-18-43(27)17-32(36,37)38)4-3-9-39-26-6-5-22(48(2,45)46)14-23(26)30(34)35/h5-6,12-14,18-19,21,25,28,30,39H,7-11,15-17H2,1-2H3,(H,41,44)/t19-,25-,28+/m0/s1. The van der Waals surface area contributed by atoms with E-state index in [2.05, 4.69) is 32.4 Å². The fourth-order valence-corrected chi connectivity index (χ4v) is 6.85. The third kappa shape index (κ3) is 8.42. The van der Waals surface area contributed by atoms with Crippen molar-refractivity contribution in [2.45, 2.75) is 62.1 Å². The van der Waals surface area contributed by atoms with E-state index >= 15 is 4.39 Å². The fraction of sp³-hybridized carbons (Fsp3) is 0.500. The van der Waals surface area contributed by atoms with Gasteiger partial charge in [-0.2, -0.15) is 13.2 Å². The van der Waals surface area contributed by atoms with Crippen LogP contribution in [0.1, 0.15) is 47.7 Å². The molecule has 16 heteroatoms. The lowest BCUT2D eigenvalue weighted by Gasteiger charge is -2.44. The highest BCUT2D eigenvalue weighted by Crippen LogP contribution is 2.30. The number of hydrogen-bond acceptors (Lipinski definition) is 7. The van der Waals surface area contributed by atoms with E-state index in [1.54, 1.807) is 0 Å². The van der Waals surface area contributed by atoms with Gasteiger partial charge in [0.05, 0.1) is 34.9 Å². The fourth-order valence-electron chi connectivity index (χ4n) is 6.19. The molecular formula is C32H35F6N5O4S. The Hall–Kier alpha value is -3.81. The Labute approximate surface area is 273 Å². The first-order chi connectivity index (χ1) is 22.6. The van der Waals surface area contributed by atoms with Crippen molar-refractivity contribution in [2.75, 3.05) is 44.4 Å². The van der Waals surface area contributed by atoms with Gasteiger partial charge in [-0.25, -0.2) is 26.6 Å². The summed E-state index contributed by atoms with van der Waals surface area (Å²) in [5.74, 6) is 4.46. The second-order valence-electron chi connectivity index (χ2n) is 12.1. The predicted molar refractivity (Wildman–Crippen MR) is 166 cm³/mol. The number of carbonyl (C=O) groups excluding carboxylic acids is 1. The number of nitrogens with one attached hydrogen (secondary N) is 2. The van der Waals surface area contributed by atoms with Crippen LogP contribution in [0.15, 0.2) is 41.6 Å². The van der Waals surface area contributed by atoms with Crippen molar-refractivity contribution in [1.82, 2.24) is 19.8 Å². The maximum absolute atomic E-state index is 15.5. The zero-order valence-electron chi connectivity index (χ0n) is 26.2. The van der Waals surface area contributed by atoms with Crippen molar-refractivity contribution in [2.24, 2.45) is 5.92 Å². The molecule has 9 nitrogen and oxygen atoms in total. The molecular weight excluding hydrogens is 664 g/mol. The minimum absolute atomic E-state index is 0.0179. The third-order valence-electron chi connectivity index (χ3n) is 8.55. The zero-order valence-corrected chi connectivity index (χ0v) is 27.0. The van der Waals surface area contributed by atoms with Crippen molar-refractivity contribution >= 4 is 32.5 Å². The smallest absolute Gasteiger partial charge is 0.381 e. The molecule has 0 aliphatic carbocycles. The summed E-state index contributed by atoms with van der Waals surface area (Å²) in [7, 11) is -3.73. The highest BCUT2D eigenvalue weighted by Gasteiger charge is 2.39. The molecule has 2 fully saturated rings. The van der Waals surface area contributed by atoms with Crippen LogP contribution < -0.4 is 10.6 Å². The number of imidazole rings is 1. The van der Waals surface area contributed by atoms with Crippen LogP contribution >= 0.6 is 0 Å². The van der Waals surface area contributed by atoms with Crippen LogP contribution in [0.25, 0.3) is 11.0 Å². The summed E-state index contributed by atoms with van der Waals surface area (Å²) >= 11 is 0. The van der Waals surface area contributed by atoms with Gasteiger partial charge in [0.25, 0.3) is 12.3 Å². The first-order valence-corrected chi connectivity index (χ1v) is 17.2. The Morgan fingerprint density at radius 2 is 1.88 bits per heavy atom. The van der Waals surface area contributed by atoms with Crippen molar-refractivity contribution < 1.29 is 44.3 Å². The number of likely N-dealkylation sites (tertiary alicyclic amines) is 1. The topological polar surface area (TPSA) is 106 Å². The van der Waals surface area contributed by atoms with Gasteiger partial charge in [-0.3, -0.25) is 9.69 Å². The van der Waals surface area contributed by atoms with Crippen LogP contribution in [0.2, 0.25) is 0 Å². The number of alkyl halides is 6. The number of piperidine rings is 1. The molecule has 0 bridgehead atoms. The molecule has 0 saturated carbocycles. The number of benzene rings is 2. The first-order valence-electron chi connectivity index (χ1n) is 15.3. The number of halogens is 6. The Morgan fingerprint density at radius 3 is 2.52 bits per heavy atom. The van der Waals surface area contributed by atoms with Crippen molar-refractivity contribution in [3.63, 3.8) is 0 Å². The molecule has 1 amide bonds. The molecule has 48 heavy (non-hydrogen) atoms. The van der Waals surface area contributed by atoms with E-state index < -0.39 is 52.7 Å². The average molecular weight is 700 g/mol. The Kier molecular flexibility index (Phi) is 10.6. The molecule has 5 rings (SSSR count). The van der Waals surface area contributed by atoms with Gasteiger partial charge in [0.2, 0.25) is 0 Å². The maximum atomic E-state index is 15.5. The van der Waals surface area contributed by atoms with Crippen LogP contribution in [0.5, 0.6) is 0 Å². The first kappa shape index (κ1) is 35.5. The molecule has 3 heterocycles. The molecule has 2 N–H and O–H groups in total. The Bertz CT molecular complexity index is 1800. The van der Waals surface area contributed by atoms with Crippen LogP contribution in [0.3, 0.4) is 0 Å². The van der Waals surface area contributed by atoms with Crippen LogP contribution in [-0.2, 0) is 21.1 Å². The number of fused-ring (bicyclic) bond motifs is 1. The molecule has 2 aliphatic heterocycles. The summed E-state index contributed by atoms with van der Waals surface area (Å²) in [6.07, 6.45) is -5.52. The molecule has 0 spiro atoms. The lowest BCUT2D eigenvalue weighted by Crippen LogP contribution is -2.59. The number of rotatable bonds is 8. The zero-order chi connectivity index (χ0) is 34.8. The van der Waals surface area contributed by atoms with Gasteiger partial charge >= 0.3 is 6.18 Å². The van der Waals surface area contributed by atoms with Crippen LogP contribution in [0, 0.1) is 17.8 Å². The van der Waals surface area contributed by atoms with E-state index in [-0.39, 0.29) is 57.8 Å². The highest BCUT2D eigenvalue weighted by molar-refractivity contribution is 7.90. The lowest BCUT2D eigenvalue weighted by atomic mass is 9.89. The van der Waals surface area contributed by atoms with E-state index in [0.717, 1.165) is 36.1 Å². The number of hydrogen-bond donors (Lipinski definition) is 2. The second kappa shape index (κ2) is 14.4. The van der Waals surface area contributed by atoms with E-state index in [9.17, 15) is 35.2 Å². The monoisotopic (exact) mass is 699 g/mol. The molecule has 2 saturated heterocycles. The van der Waals surface area contributed by atoms with E-state index in [1.807, 2.05) is 6.92 Å². The van der Waals surface area contributed by atoms with Crippen LogP contribution in [-0.4, -0.2) is 92.3 Å². The third-order valence-corrected chi connectivity index (χ3v) is 9.66. The molecule has 3 atom stereocenters. The number of amides is 1. The van der Waals surface area contributed by atoms with Crippen molar-refractivity contribution in [3.8, 4) is 11.8 Å². The normalized spacial score (nSPS) is 21.2. The van der Waals surface area contributed by atoms with Crippen molar-refractivity contribution in [3.05, 3.63) is 53.3 Å². The SMILES string of the molecule is C[C@H]1CN(C2CCOCC2)C[C@H](F)[C@@H]1NC(=O)c1cc(C#CCNc2ccc(S(C)(=O)=O)cc2C(F)F)cc2c1ncn2CC(F)(F)F. The van der Waals surface area contributed by atoms with Gasteiger partial charge in [0, 0.05) is 55.4 Å². The largest absolute Gasteiger partial charge is 0.406 e. The highest BCUT2D eigenvalue weighted by atomic mass is 32.2. The van der Waals surface area contributed by atoms with Gasteiger partial charge in [-0.05, 0) is 49.1 Å². The number of sulfone groups is 1. The Balaban J connectivity index is 1.38. The molecule has 3 aromatic rings. The molecule has 0 radical (unpaired) electrons. The summed E-state index contributed by atoms with van der Waals surface area (Å²) in [5.41, 5.74) is -0.589. The number of carbonyl (C=O) groups is 1. The second-order valence-corrected chi connectivity index (χ2v) is 14.2. The van der Waals surface area contributed by atoms with Gasteiger partial charge in [-0.1, -0.05) is 18.8 Å². The predicted octanol–water partition coefficient (Wildman–Crippen LogP) is 4.97. The lowest BCUT2D eigenvalue weighted by molar-refractivity contribution is -0.140. The number of aromatic nitrogens is 2. The van der Waals surface area contributed by atoms with Gasteiger partial charge in [0.1, 0.15) is 18.2 Å². The van der Waals surface area contributed by atoms with Gasteiger partial charge < -0.3 is 19.9 Å². The molecule has 2 aromatic carbocycles.